The van der Waals surface area contributed by atoms with Gasteiger partial charge in [-0.25, -0.2) is 23.9 Å². The number of carbonyl (C=O) groups excluding carboxylic acids is 2. The van der Waals surface area contributed by atoms with Crippen molar-refractivity contribution in [3.8, 4) is 34.5 Å². The Balaban J connectivity index is 0.756. The summed E-state index contributed by atoms with van der Waals surface area (Å²) in [6, 6.07) is 15.4. The van der Waals surface area contributed by atoms with E-state index >= 15 is 4.39 Å². The lowest BCUT2D eigenvalue weighted by Gasteiger charge is -2.42. The number of benzene rings is 1. The second-order valence-corrected chi connectivity index (χ2v) is 18.1. The van der Waals surface area contributed by atoms with Crippen LogP contribution in [0.1, 0.15) is 68.5 Å². The minimum atomic E-state index is -0.560. The first-order chi connectivity index (χ1) is 32.7. The van der Waals surface area contributed by atoms with E-state index in [0.717, 1.165) is 107 Å². The molecule has 0 radical (unpaired) electrons. The molecule has 10 rings (SSSR count). The van der Waals surface area contributed by atoms with Gasteiger partial charge in [-0.15, -0.1) is 0 Å². The summed E-state index contributed by atoms with van der Waals surface area (Å²) in [7, 11) is 3.41. The molecular formula is C49H54FN13O4. The van der Waals surface area contributed by atoms with E-state index in [2.05, 4.69) is 52.4 Å². The standard InChI is InChI=1S/C49H54FN13O4/c1-66-45-14-3-32(26-53-45)24-49(67-2)15-17-61(18-16-49)43-12-4-33(27-52-43)46-47-34(25-51)28-55-63(47)31-41(57-46)35-29-54-62(30-35)38-8-6-37(7-9-38)59-19-21-60(22-20-59)42-11-5-36(23-39(42)50)56-40-10-13-44(64)58-48(40)65/h3-5,11-12,14,23,26-31,37-38,40,56H,6-10,13,15-22,24H2,1-2H3,(H,58,64,65)/t37-,38+,40?. The fraction of sp³-hybridized carbons (Fsp3) is 0.429. The van der Waals surface area contributed by atoms with Crippen molar-refractivity contribution in [3.63, 3.8) is 0 Å². The summed E-state index contributed by atoms with van der Waals surface area (Å²) in [5, 5.41) is 24.8. The van der Waals surface area contributed by atoms with E-state index < -0.39 is 6.04 Å². The maximum Gasteiger partial charge on any atom is 0.249 e. The number of carbonyl (C=O) groups is 2. The fourth-order valence-corrected chi connectivity index (χ4v) is 10.3. The average Bonchev–Trinajstić information content (AvgIpc) is 4.04. The number of fused-ring (bicyclic) bond motifs is 1. The van der Waals surface area contributed by atoms with Crippen LogP contribution in [0.25, 0.3) is 28.0 Å². The van der Waals surface area contributed by atoms with Crippen LogP contribution in [0.2, 0.25) is 0 Å². The number of hydrogen-bond donors (Lipinski definition) is 2. The first-order valence-corrected chi connectivity index (χ1v) is 23.2. The minimum Gasteiger partial charge on any atom is -0.481 e. The number of imide groups is 1. The van der Waals surface area contributed by atoms with Gasteiger partial charge in [0.2, 0.25) is 17.7 Å². The van der Waals surface area contributed by atoms with Gasteiger partial charge in [0.05, 0.1) is 54.4 Å². The van der Waals surface area contributed by atoms with Crippen LogP contribution in [0.3, 0.4) is 0 Å². The van der Waals surface area contributed by atoms with E-state index in [1.165, 1.54) is 6.07 Å². The van der Waals surface area contributed by atoms with Gasteiger partial charge in [0, 0.05) is 107 Å². The van der Waals surface area contributed by atoms with Crippen LogP contribution >= 0.6 is 0 Å². The van der Waals surface area contributed by atoms with Gasteiger partial charge < -0.3 is 24.6 Å². The number of methoxy groups -OCH3 is 2. The van der Waals surface area contributed by atoms with Crippen LogP contribution in [0.5, 0.6) is 5.88 Å². The Hall–Kier alpha value is -6.97. The van der Waals surface area contributed by atoms with Crippen molar-refractivity contribution in [1.29, 1.82) is 5.26 Å². The van der Waals surface area contributed by atoms with Gasteiger partial charge in [0.1, 0.15) is 34.8 Å². The van der Waals surface area contributed by atoms with E-state index in [1.807, 2.05) is 49.1 Å². The highest BCUT2D eigenvalue weighted by atomic mass is 19.1. The van der Waals surface area contributed by atoms with Crippen molar-refractivity contribution in [2.24, 2.45) is 0 Å². The first-order valence-electron chi connectivity index (χ1n) is 23.2. The monoisotopic (exact) mass is 907 g/mol. The Morgan fingerprint density at radius 2 is 1.66 bits per heavy atom. The van der Waals surface area contributed by atoms with Crippen LogP contribution in [-0.2, 0) is 20.7 Å². The molecule has 5 aromatic heterocycles. The quantitative estimate of drug-likeness (QED) is 0.140. The molecule has 3 aliphatic heterocycles. The molecule has 0 bridgehead atoms. The number of amides is 2. The van der Waals surface area contributed by atoms with Crippen LogP contribution in [0.4, 0.5) is 21.6 Å². The smallest absolute Gasteiger partial charge is 0.249 e. The Morgan fingerprint density at radius 1 is 0.851 bits per heavy atom. The summed E-state index contributed by atoms with van der Waals surface area (Å²) in [4.78, 5) is 45.0. The number of piperidine rings is 2. The first kappa shape index (κ1) is 43.9. The van der Waals surface area contributed by atoms with Crippen LogP contribution in [-0.4, -0.2) is 122 Å². The van der Waals surface area contributed by atoms with Gasteiger partial charge in [0.25, 0.3) is 0 Å². The lowest BCUT2D eigenvalue weighted by Crippen LogP contribution is -2.51. The predicted molar refractivity (Wildman–Crippen MR) is 249 cm³/mol. The lowest BCUT2D eigenvalue weighted by atomic mass is 9.85. The van der Waals surface area contributed by atoms with Crippen LogP contribution < -0.4 is 25.2 Å². The summed E-state index contributed by atoms with van der Waals surface area (Å²) in [5.74, 6) is 0.476. The van der Waals surface area contributed by atoms with Crippen LogP contribution in [0.15, 0.2) is 79.6 Å². The summed E-state index contributed by atoms with van der Waals surface area (Å²) >= 11 is 0. The van der Waals surface area contributed by atoms with E-state index in [9.17, 15) is 14.9 Å². The van der Waals surface area contributed by atoms with Crippen molar-refractivity contribution in [1.82, 2.24) is 44.6 Å². The highest BCUT2D eigenvalue weighted by Crippen LogP contribution is 2.36. The van der Waals surface area contributed by atoms with Crippen LogP contribution in [0, 0.1) is 17.1 Å². The zero-order chi connectivity index (χ0) is 46.1. The molecule has 8 heterocycles. The summed E-state index contributed by atoms with van der Waals surface area (Å²) in [6.07, 6.45) is 18.2. The number of nitriles is 1. The van der Waals surface area contributed by atoms with Crippen molar-refractivity contribution in [2.45, 2.75) is 81.5 Å². The molecule has 2 amide bonds. The molecule has 67 heavy (non-hydrogen) atoms. The molecular weight excluding hydrogens is 854 g/mol. The van der Waals surface area contributed by atoms with E-state index in [1.54, 1.807) is 37.1 Å². The molecule has 6 aromatic rings. The third-order valence-electron chi connectivity index (χ3n) is 14.2. The number of nitrogens with one attached hydrogen (secondary N) is 2. The summed E-state index contributed by atoms with van der Waals surface area (Å²) in [5.41, 5.74) is 5.96. The molecule has 18 heteroatoms. The minimum absolute atomic E-state index is 0.255. The Morgan fingerprint density at radius 3 is 2.34 bits per heavy atom. The van der Waals surface area contributed by atoms with Gasteiger partial charge in [-0.1, -0.05) is 6.07 Å². The van der Waals surface area contributed by atoms with Crippen molar-refractivity contribution < 1.29 is 23.5 Å². The Bertz CT molecular complexity index is 2780. The fourth-order valence-electron chi connectivity index (χ4n) is 10.3. The zero-order valence-corrected chi connectivity index (χ0v) is 37.8. The Kier molecular flexibility index (Phi) is 12.3. The van der Waals surface area contributed by atoms with E-state index in [4.69, 9.17) is 24.5 Å². The molecule has 346 valence electrons. The van der Waals surface area contributed by atoms with E-state index in [0.29, 0.717) is 52.2 Å². The molecule has 0 spiro atoms. The molecule has 4 aliphatic rings. The number of aromatic nitrogens is 7. The molecule has 1 atom stereocenters. The number of anilines is 3. The third-order valence-corrected chi connectivity index (χ3v) is 14.2. The second-order valence-electron chi connectivity index (χ2n) is 18.1. The predicted octanol–water partition coefficient (Wildman–Crippen LogP) is 5.82. The largest absolute Gasteiger partial charge is 0.481 e. The van der Waals surface area contributed by atoms with E-state index in [-0.39, 0.29) is 35.7 Å². The number of rotatable bonds is 12. The molecule has 2 N–H and O–H groups in total. The SMILES string of the molecule is COc1ccc(CC2(OC)CCN(c3ccc(-c4nc(-c5cnn([C@H]6CC[C@@H](N7CCN(c8ccc(NC9CCC(=O)NC9=O)cc8F)CC7)CC6)c5)cn5ncc(C#N)c45)cn3)CC2)cn1. The topological polar surface area (TPSA) is 184 Å². The normalized spacial score (nSPS) is 21.3. The number of pyridine rings is 2. The highest BCUT2D eigenvalue weighted by Gasteiger charge is 2.36. The average molecular weight is 908 g/mol. The van der Waals surface area contributed by atoms with Gasteiger partial charge in [0.15, 0.2) is 0 Å². The van der Waals surface area contributed by atoms with Gasteiger partial charge >= 0.3 is 0 Å². The summed E-state index contributed by atoms with van der Waals surface area (Å²) in [6.45, 7) is 4.74. The third kappa shape index (κ3) is 9.13. The second kappa shape index (κ2) is 18.7. The number of piperazine rings is 1. The Labute approximate surface area is 387 Å². The molecule has 3 saturated heterocycles. The molecule has 1 aliphatic carbocycles. The molecule has 1 saturated carbocycles. The van der Waals surface area contributed by atoms with Gasteiger partial charge in [-0.3, -0.25) is 24.5 Å². The zero-order valence-electron chi connectivity index (χ0n) is 37.8. The van der Waals surface area contributed by atoms with Gasteiger partial charge in [-0.05, 0) is 80.8 Å². The summed E-state index contributed by atoms with van der Waals surface area (Å²) < 4.78 is 30.5. The number of hydrogen-bond acceptors (Lipinski definition) is 14. The maximum atomic E-state index is 15.4. The molecule has 1 aromatic carbocycles. The number of halogens is 1. The van der Waals surface area contributed by atoms with Crippen molar-refractivity contribution in [2.75, 3.05) is 68.6 Å². The van der Waals surface area contributed by atoms with Gasteiger partial charge in [-0.2, -0.15) is 15.5 Å². The number of nitrogens with zero attached hydrogens (tertiary/aromatic N) is 11. The highest BCUT2D eigenvalue weighted by molar-refractivity contribution is 6.01. The maximum absolute atomic E-state index is 15.4. The van der Waals surface area contributed by atoms with Crippen molar-refractivity contribution >= 4 is 34.5 Å². The molecule has 4 fully saturated rings. The molecule has 17 nitrogen and oxygen atoms in total. The lowest BCUT2D eigenvalue weighted by molar-refractivity contribution is -0.133. The van der Waals surface area contributed by atoms with Crippen molar-refractivity contribution in [3.05, 3.63) is 96.6 Å². The number of ether oxygens (including phenoxy) is 2. The molecule has 1 unspecified atom stereocenters.